The first-order chi connectivity index (χ1) is 28.8. The predicted molar refractivity (Wildman–Crippen MR) is 195 cm³/mol. The van der Waals surface area contributed by atoms with Crippen molar-refractivity contribution in [2.75, 3.05) is 131 Å². The van der Waals surface area contributed by atoms with Crippen molar-refractivity contribution in [1.29, 1.82) is 0 Å². The molecule has 358 valence electrons. The second-order valence-electron chi connectivity index (χ2n) is 12.6. The molecule has 0 radical (unpaired) electrons. The zero-order valence-corrected chi connectivity index (χ0v) is 34.1. The number of carbonyl (C=O) groups excluding carboxylic acids is 4. The van der Waals surface area contributed by atoms with Gasteiger partial charge in [-0.25, -0.2) is 0 Å². The van der Waals surface area contributed by atoms with Gasteiger partial charge in [-0.05, 0) is 25.8 Å². The summed E-state index contributed by atoms with van der Waals surface area (Å²) in [5.74, 6) is -1.20. The Bertz CT molecular complexity index is 1220. The number of aliphatic hydroxyl groups excluding tert-OH is 1. The summed E-state index contributed by atoms with van der Waals surface area (Å²) >= 11 is 1.25. The topological polar surface area (TPSA) is 216 Å². The second kappa shape index (κ2) is 30.5. The summed E-state index contributed by atoms with van der Waals surface area (Å²) < 4.78 is 155. The SMILES string of the molecule is NCCCC[C@H](NC(=O)COCCOCCOCCOCCN1C(=O)CC(SCCO)C1=O)C(=O)NCCOCCOCCOCCOC(C(F)(F)F)(C(F)(F)F)C(F)(F)F. The van der Waals surface area contributed by atoms with Gasteiger partial charge in [0, 0.05) is 18.7 Å². The smallest absolute Gasteiger partial charge is 0.396 e. The van der Waals surface area contributed by atoms with Crippen LogP contribution in [0.3, 0.4) is 0 Å². The number of halogens is 9. The number of thioether (sulfide) groups is 1. The fourth-order valence-electron chi connectivity index (χ4n) is 5.08. The molecule has 17 nitrogen and oxygen atoms in total. The van der Waals surface area contributed by atoms with E-state index in [1.54, 1.807) is 0 Å². The van der Waals surface area contributed by atoms with Gasteiger partial charge in [0.25, 0.3) is 0 Å². The first-order valence-corrected chi connectivity index (χ1v) is 20.1. The lowest BCUT2D eigenvalue weighted by Crippen LogP contribution is -2.68. The molecule has 0 aromatic rings. The van der Waals surface area contributed by atoms with Crippen molar-refractivity contribution in [1.82, 2.24) is 15.5 Å². The molecule has 0 bridgehead atoms. The minimum absolute atomic E-state index is 0.00689. The van der Waals surface area contributed by atoms with E-state index in [0.717, 1.165) is 4.90 Å². The molecule has 1 rings (SSSR count). The summed E-state index contributed by atoms with van der Waals surface area (Å²) in [5, 5.41) is 13.6. The van der Waals surface area contributed by atoms with E-state index in [1.165, 1.54) is 11.8 Å². The Morgan fingerprint density at radius 2 is 1.20 bits per heavy atom. The Morgan fingerprint density at radius 3 is 1.69 bits per heavy atom. The zero-order valence-electron chi connectivity index (χ0n) is 33.3. The molecule has 1 aliphatic heterocycles. The third-order valence-corrected chi connectivity index (χ3v) is 9.24. The molecule has 5 N–H and O–H groups in total. The first kappa shape index (κ1) is 56.4. The number of aliphatic hydroxyl groups is 1. The number of nitrogens with one attached hydrogen (secondary N) is 2. The Hall–Kier alpha value is -2.60. The molecule has 0 spiro atoms. The summed E-state index contributed by atoms with van der Waals surface area (Å²) in [6, 6.07) is -0.889. The second-order valence-corrected chi connectivity index (χ2v) is 13.9. The maximum atomic E-state index is 12.8. The highest BCUT2D eigenvalue weighted by molar-refractivity contribution is 8.00. The number of amides is 4. The number of unbranched alkanes of at least 4 members (excludes halogenated alkanes) is 1. The van der Waals surface area contributed by atoms with E-state index < -0.39 is 67.1 Å². The van der Waals surface area contributed by atoms with Gasteiger partial charge in [0.1, 0.15) is 12.6 Å². The van der Waals surface area contributed by atoms with Crippen LogP contribution in [0.15, 0.2) is 0 Å². The lowest BCUT2D eigenvalue weighted by Gasteiger charge is -2.37. The monoisotopic (exact) mass is 930 g/mol. The van der Waals surface area contributed by atoms with Gasteiger partial charge in [0.05, 0.1) is 111 Å². The molecule has 2 atom stereocenters. The molecule has 0 saturated carbocycles. The summed E-state index contributed by atoms with van der Waals surface area (Å²) in [6.07, 6.45) is -18.9. The molecule has 1 heterocycles. The van der Waals surface area contributed by atoms with Crippen LogP contribution in [0.1, 0.15) is 25.7 Å². The predicted octanol–water partition coefficient (Wildman–Crippen LogP) is 1.13. The lowest BCUT2D eigenvalue weighted by molar-refractivity contribution is -0.457. The molecule has 1 unspecified atom stereocenters. The number of imide groups is 1. The lowest BCUT2D eigenvalue weighted by atomic mass is 10.0. The fourth-order valence-corrected chi connectivity index (χ4v) is 6.00. The summed E-state index contributed by atoms with van der Waals surface area (Å²) in [4.78, 5) is 50.6. The molecule has 61 heavy (non-hydrogen) atoms. The summed E-state index contributed by atoms with van der Waals surface area (Å²) in [6.45, 7) is -1.80. The van der Waals surface area contributed by atoms with E-state index in [1.807, 2.05) is 0 Å². The van der Waals surface area contributed by atoms with Crippen molar-refractivity contribution < 1.29 is 102 Å². The number of carbonyl (C=O) groups is 4. The molecule has 0 aromatic carbocycles. The number of ether oxygens (including phenoxy) is 8. The van der Waals surface area contributed by atoms with E-state index >= 15 is 0 Å². The minimum atomic E-state index is -6.83. The van der Waals surface area contributed by atoms with Gasteiger partial charge in [0.2, 0.25) is 23.6 Å². The van der Waals surface area contributed by atoms with E-state index in [-0.39, 0.29) is 117 Å². The number of hydrogen-bond donors (Lipinski definition) is 4. The van der Waals surface area contributed by atoms with Crippen LogP contribution in [-0.4, -0.2) is 200 Å². The molecule has 1 saturated heterocycles. The van der Waals surface area contributed by atoms with Crippen molar-refractivity contribution in [3.8, 4) is 0 Å². The molecule has 27 heteroatoms. The van der Waals surface area contributed by atoms with Crippen molar-refractivity contribution in [2.24, 2.45) is 5.73 Å². The number of hydrogen-bond acceptors (Lipinski definition) is 15. The molecular weight excluding hydrogens is 875 g/mol. The van der Waals surface area contributed by atoms with Crippen LogP contribution < -0.4 is 16.4 Å². The molecular formula is C34H55F9N4O13S. The normalized spacial score (nSPS) is 15.8. The van der Waals surface area contributed by atoms with E-state index in [4.69, 9.17) is 44.0 Å². The van der Waals surface area contributed by atoms with Crippen LogP contribution in [0.2, 0.25) is 0 Å². The van der Waals surface area contributed by atoms with Gasteiger partial charge >= 0.3 is 24.1 Å². The van der Waals surface area contributed by atoms with Gasteiger partial charge < -0.3 is 59.4 Å². The van der Waals surface area contributed by atoms with Gasteiger partial charge in [0.15, 0.2) is 0 Å². The number of likely N-dealkylation sites (tertiary alicyclic amines) is 1. The van der Waals surface area contributed by atoms with E-state index in [9.17, 15) is 58.7 Å². The Balaban J connectivity index is 2.13. The summed E-state index contributed by atoms with van der Waals surface area (Å²) in [5.41, 5.74) is -0.840. The van der Waals surface area contributed by atoms with Crippen LogP contribution in [-0.2, 0) is 57.1 Å². The quantitative estimate of drug-likeness (QED) is 0.0394. The van der Waals surface area contributed by atoms with Crippen molar-refractivity contribution >= 4 is 35.4 Å². The molecule has 4 amide bonds. The third kappa shape index (κ3) is 21.6. The Labute approximate surface area is 350 Å². The maximum Gasteiger partial charge on any atom is 0.435 e. The van der Waals surface area contributed by atoms with E-state index in [0.29, 0.717) is 31.6 Å². The van der Waals surface area contributed by atoms with Crippen LogP contribution in [0.5, 0.6) is 0 Å². The van der Waals surface area contributed by atoms with Crippen molar-refractivity contribution in [3.63, 3.8) is 0 Å². The van der Waals surface area contributed by atoms with Crippen molar-refractivity contribution in [3.05, 3.63) is 0 Å². The summed E-state index contributed by atoms with van der Waals surface area (Å²) in [7, 11) is 0. The van der Waals surface area contributed by atoms with Crippen LogP contribution in [0.25, 0.3) is 0 Å². The van der Waals surface area contributed by atoms with E-state index in [2.05, 4.69) is 15.4 Å². The zero-order chi connectivity index (χ0) is 45.8. The highest BCUT2D eigenvalue weighted by atomic mass is 32.2. The molecule has 0 aromatic heterocycles. The highest BCUT2D eigenvalue weighted by Gasteiger charge is 2.85. The Kier molecular flexibility index (Phi) is 28.2. The average molecular weight is 931 g/mol. The highest BCUT2D eigenvalue weighted by Crippen LogP contribution is 2.54. The van der Waals surface area contributed by atoms with Crippen molar-refractivity contribution in [2.45, 2.75) is 61.1 Å². The molecule has 0 aliphatic carbocycles. The number of nitrogens with zero attached hydrogens (tertiary/aromatic N) is 1. The average Bonchev–Trinajstić information content (AvgIpc) is 3.44. The van der Waals surface area contributed by atoms with Crippen LogP contribution in [0.4, 0.5) is 39.5 Å². The third-order valence-electron chi connectivity index (χ3n) is 8.05. The van der Waals surface area contributed by atoms with Gasteiger partial charge in [-0.2, -0.15) is 39.5 Å². The number of alkyl halides is 9. The Morgan fingerprint density at radius 1 is 0.721 bits per heavy atom. The molecule has 1 fully saturated rings. The standard InChI is InChI=1S/C34H55F9N4O13S/c35-32(36,37)31(33(38,39)40,34(41,42)43)60-21-20-58-17-16-55-12-10-53-8-5-45-29(51)25(3-1-2-4-44)46-27(49)24-59-19-18-57-15-14-56-13-11-54-9-6-47-28(50)23-26(30(47)52)61-22-7-48/h25-26,48H,1-24,44H2,(H,45,51)(H,46,49)/t25-,26?/m0/s1. The number of rotatable bonds is 36. The van der Waals surface area contributed by atoms with Crippen LogP contribution in [0, 0.1) is 0 Å². The first-order valence-electron chi connectivity index (χ1n) is 19.1. The largest absolute Gasteiger partial charge is 0.435 e. The van der Waals surface area contributed by atoms with Gasteiger partial charge in [-0.15, -0.1) is 11.8 Å². The van der Waals surface area contributed by atoms with Gasteiger partial charge in [-0.1, -0.05) is 0 Å². The molecule has 1 aliphatic rings. The maximum absolute atomic E-state index is 12.8. The number of nitrogens with two attached hydrogens (primary N) is 1. The van der Waals surface area contributed by atoms with Gasteiger partial charge in [-0.3, -0.25) is 24.1 Å². The fraction of sp³-hybridized carbons (Fsp3) is 0.882. The minimum Gasteiger partial charge on any atom is -0.396 e. The van der Waals surface area contributed by atoms with Crippen LogP contribution >= 0.6 is 11.8 Å².